The second-order valence-electron chi connectivity index (χ2n) is 3.83. The van der Waals surface area contributed by atoms with Gasteiger partial charge in [-0.3, -0.25) is 9.59 Å². The molecule has 3 N–H and O–H groups in total. The van der Waals surface area contributed by atoms with Crippen molar-refractivity contribution in [3.8, 4) is 0 Å². The van der Waals surface area contributed by atoms with Crippen LogP contribution in [0.15, 0.2) is 36.4 Å². The first-order chi connectivity index (χ1) is 9.06. The second-order valence-corrected chi connectivity index (χ2v) is 5.63. The molecule has 19 heavy (non-hydrogen) atoms. The highest BCUT2D eigenvalue weighted by molar-refractivity contribution is 7.16. The van der Waals surface area contributed by atoms with Gasteiger partial charge < -0.3 is 11.1 Å². The maximum absolute atomic E-state index is 11.9. The summed E-state index contributed by atoms with van der Waals surface area (Å²) in [4.78, 5) is 23.9. The highest BCUT2D eigenvalue weighted by atomic mass is 35.5. The van der Waals surface area contributed by atoms with E-state index in [1.54, 1.807) is 24.3 Å². The van der Waals surface area contributed by atoms with Crippen LogP contribution >= 0.6 is 22.9 Å². The zero-order valence-corrected chi connectivity index (χ0v) is 11.4. The first-order valence-corrected chi connectivity index (χ1v) is 6.68. The van der Waals surface area contributed by atoms with Crippen LogP contribution in [0, 0.1) is 0 Å². The normalized spacial score (nSPS) is 10.2. The van der Waals surface area contributed by atoms with Crippen molar-refractivity contribution in [2.45, 2.75) is 6.54 Å². The maximum Gasteiger partial charge on any atom is 0.251 e. The molecule has 2 rings (SSSR count). The van der Waals surface area contributed by atoms with Gasteiger partial charge in [0.05, 0.1) is 10.9 Å². The number of hydrogen-bond acceptors (Lipinski definition) is 3. The molecule has 0 fully saturated rings. The number of amides is 2. The first-order valence-electron chi connectivity index (χ1n) is 5.48. The molecular weight excluding hydrogens is 284 g/mol. The minimum absolute atomic E-state index is 0.257. The van der Waals surface area contributed by atoms with Crippen LogP contribution in [0.4, 0.5) is 0 Å². The molecule has 2 aromatic rings. The molecule has 0 aliphatic heterocycles. The van der Waals surface area contributed by atoms with Gasteiger partial charge in [0.25, 0.3) is 5.91 Å². The van der Waals surface area contributed by atoms with Crippen LogP contribution in [0.1, 0.15) is 25.6 Å². The van der Waals surface area contributed by atoms with Crippen molar-refractivity contribution in [1.29, 1.82) is 0 Å². The van der Waals surface area contributed by atoms with E-state index in [2.05, 4.69) is 5.32 Å². The average molecular weight is 295 g/mol. The Labute approximate surface area is 119 Å². The number of halogens is 1. The summed E-state index contributed by atoms with van der Waals surface area (Å²) in [5.41, 5.74) is 5.88. The zero-order chi connectivity index (χ0) is 13.8. The Morgan fingerprint density at radius 2 is 1.95 bits per heavy atom. The van der Waals surface area contributed by atoms with Crippen molar-refractivity contribution in [1.82, 2.24) is 5.32 Å². The summed E-state index contributed by atoms with van der Waals surface area (Å²) in [6.45, 7) is 0.400. The van der Waals surface area contributed by atoms with E-state index >= 15 is 0 Å². The standard InChI is InChI=1S/C13H11ClN2O2S/c14-11-5-4-10(19-11)7-16-13(18)9-3-1-2-8(6-9)12(15)17/h1-6H,7H2,(H2,15,17)(H,16,18). The summed E-state index contributed by atoms with van der Waals surface area (Å²) in [6.07, 6.45) is 0. The molecule has 0 atom stereocenters. The molecule has 98 valence electrons. The smallest absolute Gasteiger partial charge is 0.251 e. The minimum atomic E-state index is -0.556. The van der Waals surface area contributed by atoms with Gasteiger partial charge in [-0.2, -0.15) is 0 Å². The lowest BCUT2D eigenvalue weighted by Crippen LogP contribution is -2.23. The number of primary amides is 1. The molecule has 0 spiro atoms. The van der Waals surface area contributed by atoms with Gasteiger partial charge in [-0.05, 0) is 30.3 Å². The quantitative estimate of drug-likeness (QED) is 0.909. The summed E-state index contributed by atoms with van der Waals surface area (Å²) < 4.78 is 0.681. The van der Waals surface area contributed by atoms with E-state index in [1.165, 1.54) is 17.4 Å². The van der Waals surface area contributed by atoms with E-state index in [0.29, 0.717) is 22.0 Å². The van der Waals surface area contributed by atoms with Crippen molar-refractivity contribution in [3.05, 3.63) is 56.7 Å². The molecular formula is C13H11ClN2O2S. The van der Waals surface area contributed by atoms with Gasteiger partial charge in [0.2, 0.25) is 5.91 Å². The lowest BCUT2D eigenvalue weighted by Gasteiger charge is -2.04. The number of nitrogens with two attached hydrogens (primary N) is 1. The fourth-order valence-corrected chi connectivity index (χ4v) is 2.56. The molecule has 0 saturated carbocycles. The number of nitrogens with one attached hydrogen (secondary N) is 1. The number of carbonyl (C=O) groups is 2. The summed E-state index contributed by atoms with van der Waals surface area (Å²) in [5.74, 6) is -0.813. The monoisotopic (exact) mass is 294 g/mol. The van der Waals surface area contributed by atoms with Gasteiger partial charge in [0.1, 0.15) is 0 Å². The van der Waals surface area contributed by atoms with Crippen LogP contribution in [0.3, 0.4) is 0 Å². The topological polar surface area (TPSA) is 72.2 Å². The Kier molecular flexibility index (Phi) is 4.19. The third kappa shape index (κ3) is 3.56. The van der Waals surface area contributed by atoms with Crippen molar-refractivity contribution >= 4 is 34.8 Å². The van der Waals surface area contributed by atoms with Crippen LogP contribution < -0.4 is 11.1 Å². The number of rotatable bonds is 4. The average Bonchev–Trinajstić information content (AvgIpc) is 2.82. The number of thiophene rings is 1. The SMILES string of the molecule is NC(=O)c1cccc(C(=O)NCc2ccc(Cl)s2)c1. The van der Waals surface area contributed by atoms with Gasteiger partial charge in [0, 0.05) is 16.0 Å². The van der Waals surface area contributed by atoms with Crippen molar-refractivity contribution in [3.63, 3.8) is 0 Å². The molecule has 0 aliphatic carbocycles. The van der Waals surface area contributed by atoms with Crippen molar-refractivity contribution in [2.24, 2.45) is 5.73 Å². The van der Waals surface area contributed by atoms with E-state index in [-0.39, 0.29) is 5.91 Å². The molecule has 0 unspecified atom stereocenters. The molecule has 1 aromatic heterocycles. The Balaban J connectivity index is 2.03. The Bertz CT molecular complexity index is 625. The number of benzene rings is 1. The number of carbonyl (C=O) groups excluding carboxylic acids is 2. The van der Waals surface area contributed by atoms with E-state index in [0.717, 1.165) is 4.88 Å². The molecule has 4 nitrogen and oxygen atoms in total. The van der Waals surface area contributed by atoms with Gasteiger partial charge in [-0.15, -0.1) is 11.3 Å². The fraction of sp³-hybridized carbons (Fsp3) is 0.0769. The van der Waals surface area contributed by atoms with Crippen molar-refractivity contribution in [2.75, 3.05) is 0 Å². The van der Waals surface area contributed by atoms with Gasteiger partial charge >= 0.3 is 0 Å². The summed E-state index contributed by atoms with van der Waals surface area (Å²) in [7, 11) is 0. The van der Waals surface area contributed by atoms with Gasteiger partial charge in [-0.25, -0.2) is 0 Å². The zero-order valence-electron chi connectivity index (χ0n) is 9.85. The molecule has 0 saturated heterocycles. The Hall–Kier alpha value is -1.85. The van der Waals surface area contributed by atoms with Crippen LogP contribution in [-0.4, -0.2) is 11.8 Å². The Morgan fingerprint density at radius 1 is 1.21 bits per heavy atom. The van der Waals surface area contributed by atoms with Crippen LogP contribution in [0.5, 0.6) is 0 Å². The molecule has 6 heteroatoms. The van der Waals surface area contributed by atoms with E-state index in [4.69, 9.17) is 17.3 Å². The third-order valence-electron chi connectivity index (χ3n) is 2.46. The predicted molar refractivity (Wildman–Crippen MR) is 75.5 cm³/mol. The van der Waals surface area contributed by atoms with E-state index in [1.807, 2.05) is 6.07 Å². The largest absolute Gasteiger partial charge is 0.366 e. The summed E-state index contributed by atoms with van der Waals surface area (Å²) in [6, 6.07) is 9.92. The Morgan fingerprint density at radius 3 is 2.58 bits per heavy atom. The lowest BCUT2D eigenvalue weighted by molar-refractivity contribution is 0.0951. The van der Waals surface area contributed by atoms with Gasteiger partial charge in [-0.1, -0.05) is 17.7 Å². The molecule has 1 heterocycles. The molecule has 0 bridgehead atoms. The molecule has 1 aromatic carbocycles. The summed E-state index contributed by atoms with van der Waals surface area (Å²) >= 11 is 7.21. The van der Waals surface area contributed by atoms with Crippen LogP contribution in [0.2, 0.25) is 4.34 Å². The number of hydrogen-bond donors (Lipinski definition) is 2. The minimum Gasteiger partial charge on any atom is -0.366 e. The van der Waals surface area contributed by atoms with Crippen LogP contribution in [-0.2, 0) is 6.54 Å². The maximum atomic E-state index is 11.9. The van der Waals surface area contributed by atoms with E-state index < -0.39 is 5.91 Å². The molecule has 0 aliphatic rings. The van der Waals surface area contributed by atoms with Gasteiger partial charge in [0.15, 0.2) is 0 Å². The van der Waals surface area contributed by atoms with Crippen molar-refractivity contribution < 1.29 is 9.59 Å². The van der Waals surface area contributed by atoms with E-state index in [9.17, 15) is 9.59 Å². The third-order valence-corrected chi connectivity index (χ3v) is 3.69. The lowest BCUT2D eigenvalue weighted by atomic mass is 10.1. The molecule has 2 amide bonds. The highest BCUT2D eigenvalue weighted by Crippen LogP contribution is 2.21. The summed E-state index contributed by atoms with van der Waals surface area (Å²) in [5, 5.41) is 2.76. The van der Waals surface area contributed by atoms with Crippen LogP contribution in [0.25, 0.3) is 0 Å². The first kappa shape index (κ1) is 13.6. The molecule has 0 radical (unpaired) electrons. The fourth-order valence-electron chi connectivity index (χ4n) is 1.53. The predicted octanol–water partition coefficient (Wildman–Crippen LogP) is 2.43. The second kappa shape index (κ2) is 5.86. The highest BCUT2D eigenvalue weighted by Gasteiger charge is 2.08.